The van der Waals surface area contributed by atoms with Crippen LogP contribution < -0.4 is 16.4 Å². The lowest BCUT2D eigenvalue weighted by Crippen LogP contribution is -2.53. The quantitative estimate of drug-likeness (QED) is 0.582. The van der Waals surface area contributed by atoms with Crippen molar-refractivity contribution >= 4 is 11.8 Å². The number of nitrogens with one attached hydrogen (secondary N) is 2. The molecule has 1 saturated carbocycles. The van der Waals surface area contributed by atoms with Gasteiger partial charge >= 0.3 is 0 Å². The maximum Gasteiger partial charge on any atom is 0.220 e. The summed E-state index contributed by atoms with van der Waals surface area (Å²) in [6, 6.07) is 0. The van der Waals surface area contributed by atoms with Gasteiger partial charge in [-0.1, -0.05) is 6.92 Å². The van der Waals surface area contributed by atoms with Crippen LogP contribution in [0.3, 0.4) is 0 Å². The van der Waals surface area contributed by atoms with Crippen molar-refractivity contribution in [1.29, 1.82) is 0 Å². The van der Waals surface area contributed by atoms with Gasteiger partial charge in [-0.3, -0.25) is 9.59 Å². The molecule has 1 aliphatic carbocycles. The maximum atomic E-state index is 11.8. The highest BCUT2D eigenvalue weighted by Gasteiger charge is 2.41. The van der Waals surface area contributed by atoms with Gasteiger partial charge in [0.25, 0.3) is 0 Å². The van der Waals surface area contributed by atoms with Gasteiger partial charge in [0.15, 0.2) is 0 Å². The lowest BCUT2D eigenvalue weighted by atomic mass is 9.95. The van der Waals surface area contributed by atoms with Crippen LogP contribution in [-0.2, 0) is 9.59 Å². The predicted molar refractivity (Wildman–Crippen MR) is 75.5 cm³/mol. The molecule has 0 aromatic carbocycles. The monoisotopic (exact) mass is 269 g/mol. The average Bonchev–Trinajstić information content (AvgIpc) is 3.20. The van der Waals surface area contributed by atoms with Crippen molar-refractivity contribution in [3.8, 4) is 0 Å². The molecule has 0 saturated heterocycles. The standard InChI is InChI=1S/C14H27N3O2/c1-3-9-16-12(18)5-4-6-13(19)17-14(2,10-15)11-7-8-11/h11H,3-10,15H2,1-2H3,(H,16,18)(H,17,19). The first-order valence-corrected chi connectivity index (χ1v) is 7.29. The van der Waals surface area contributed by atoms with Crippen molar-refractivity contribution in [2.24, 2.45) is 11.7 Å². The minimum atomic E-state index is -0.262. The van der Waals surface area contributed by atoms with E-state index in [9.17, 15) is 9.59 Å². The Morgan fingerprint density at radius 3 is 2.42 bits per heavy atom. The predicted octanol–water partition coefficient (Wildman–Crippen LogP) is 0.927. The van der Waals surface area contributed by atoms with Crippen molar-refractivity contribution in [3.05, 3.63) is 0 Å². The van der Waals surface area contributed by atoms with Crippen LogP contribution in [0.15, 0.2) is 0 Å². The first-order chi connectivity index (χ1) is 9.01. The summed E-state index contributed by atoms with van der Waals surface area (Å²) in [4.78, 5) is 23.2. The number of rotatable bonds is 9. The zero-order chi connectivity index (χ0) is 14.3. The third-order valence-electron chi connectivity index (χ3n) is 3.71. The highest BCUT2D eigenvalue weighted by Crippen LogP contribution is 2.38. The first-order valence-electron chi connectivity index (χ1n) is 7.29. The van der Waals surface area contributed by atoms with Crippen LogP contribution in [0.5, 0.6) is 0 Å². The molecule has 0 radical (unpaired) electrons. The molecular weight excluding hydrogens is 242 g/mol. The van der Waals surface area contributed by atoms with E-state index in [4.69, 9.17) is 5.73 Å². The molecule has 5 heteroatoms. The molecule has 0 heterocycles. The van der Waals surface area contributed by atoms with Crippen molar-refractivity contribution in [1.82, 2.24) is 10.6 Å². The fourth-order valence-electron chi connectivity index (χ4n) is 2.18. The largest absolute Gasteiger partial charge is 0.356 e. The fourth-order valence-corrected chi connectivity index (χ4v) is 2.18. The molecule has 5 nitrogen and oxygen atoms in total. The summed E-state index contributed by atoms with van der Waals surface area (Å²) in [5.41, 5.74) is 5.49. The van der Waals surface area contributed by atoms with Crippen molar-refractivity contribution in [2.45, 2.75) is 57.9 Å². The summed E-state index contributed by atoms with van der Waals surface area (Å²) < 4.78 is 0. The fraction of sp³-hybridized carbons (Fsp3) is 0.857. The third kappa shape index (κ3) is 5.59. The van der Waals surface area contributed by atoms with Crippen LogP contribution in [-0.4, -0.2) is 30.4 Å². The Labute approximate surface area is 115 Å². The van der Waals surface area contributed by atoms with Gasteiger partial charge in [0, 0.05) is 25.9 Å². The topological polar surface area (TPSA) is 84.2 Å². The van der Waals surface area contributed by atoms with Gasteiger partial charge in [0.1, 0.15) is 0 Å². The number of carbonyl (C=O) groups excluding carboxylic acids is 2. The molecule has 0 bridgehead atoms. The molecule has 1 unspecified atom stereocenters. The lowest BCUT2D eigenvalue weighted by molar-refractivity contribution is -0.123. The van der Waals surface area contributed by atoms with Gasteiger partial charge in [-0.15, -0.1) is 0 Å². The Balaban J connectivity index is 2.18. The van der Waals surface area contributed by atoms with Gasteiger partial charge < -0.3 is 16.4 Å². The second-order valence-corrected chi connectivity index (χ2v) is 5.65. The molecule has 1 fully saturated rings. The second kappa shape index (κ2) is 7.48. The van der Waals surface area contributed by atoms with E-state index < -0.39 is 0 Å². The molecule has 19 heavy (non-hydrogen) atoms. The van der Waals surface area contributed by atoms with E-state index in [1.807, 2.05) is 13.8 Å². The summed E-state index contributed by atoms with van der Waals surface area (Å²) in [5, 5.41) is 5.83. The van der Waals surface area contributed by atoms with Gasteiger partial charge in [0.05, 0.1) is 5.54 Å². The van der Waals surface area contributed by atoms with Crippen molar-refractivity contribution in [3.63, 3.8) is 0 Å². The van der Waals surface area contributed by atoms with E-state index in [-0.39, 0.29) is 17.4 Å². The minimum Gasteiger partial charge on any atom is -0.356 e. The minimum absolute atomic E-state index is 0.00291. The van der Waals surface area contributed by atoms with Crippen LogP contribution in [0.1, 0.15) is 52.4 Å². The summed E-state index contributed by atoms with van der Waals surface area (Å²) in [5.74, 6) is 0.552. The van der Waals surface area contributed by atoms with E-state index >= 15 is 0 Å². The number of hydrogen-bond donors (Lipinski definition) is 3. The summed E-state index contributed by atoms with van der Waals surface area (Å²) in [6.45, 7) is 5.20. The van der Waals surface area contributed by atoms with Crippen LogP contribution in [0.2, 0.25) is 0 Å². The number of nitrogens with two attached hydrogens (primary N) is 1. The van der Waals surface area contributed by atoms with Crippen LogP contribution in [0.4, 0.5) is 0 Å². The van der Waals surface area contributed by atoms with Crippen molar-refractivity contribution < 1.29 is 9.59 Å². The Hall–Kier alpha value is -1.10. The maximum absolute atomic E-state index is 11.8. The molecule has 1 aliphatic rings. The SMILES string of the molecule is CCCNC(=O)CCCC(=O)NC(C)(CN)C1CC1. The Kier molecular flexibility index (Phi) is 6.28. The molecule has 110 valence electrons. The van der Waals surface area contributed by atoms with Crippen LogP contribution in [0, 0.1) is 5.92 Å². The molecule has 0 aliphatic heterocycles. The lowest BCUT2D eigenvalue weighted by Gasteiger charge is -2.29. The van der Waals surface area contributed by atoms with E-state index in [1.54, 1.807) is 0 Å². The Morgan fingerprint density at radius 1 is 1.26 bits per heavy atom. The van der Waals surface area contributed by atoms with E-state index in [2.05, 4.69) is 10.6 Å². The van der Waals surface area contributed by atoms with Crippen LogP contribution >= 0.6 is 0 Å². The first kappa shape index (κ1) is 16.0. The molecule has 2 amide bonds. The van der Waals surface area contributed by atoms with Crippen molar-refractivity contribution in [2.75, 3.05) is 13.1 Å². The van der Waals surface area contributed by atoms with Gasteiger partial charge in [-0.2, -0.15) is 0 Å². The van der Waals surface area contributed by atoms with E-state index in [0.717, 1.165) is 19.3 Å². The normalized spacial score (nSPS) is 17.6. The zero-order valence-electron chi connectivity index (χ0n) is 12.1. The highest BCUT2D eigenvalue weighted by molar-refractivity contribution is 5.79. The smallest absolute Gasteiger partial charge is 0.220 e. The number of amides is 2. The van der Waals surface area contributed by atoms with Gasteiger partial charge in [-0.05, 0) is 38.5 Å². The molecule has 0 spiro atoms. The number of hydrogen-bond acceptors (Lipinski definition) is 3. The molecule has 1 atom stereocenters. The molecule has 4 N–H and O–H groups in total. The molecule has 0 aromatic heterocycles. The van der Waals surface area contributed by atoms with E-state index in [0.29, 0.717) is 38.3 Å². The average molecular weight is 269 g/mol. The summed E-state index contributed by atoms with van der Waals surface area (Å²) >= 11 is 0. The third-order valence-corrected chi connectivity index (χ3v) is 3.71. The number of carbonyl (C=O) groups is 2. The van der Waals surface area contributed by atoms with Gasteiger partial charge in [-0.25, -0.2) is 0 Å². The summed E-state index contributed by atoms with van der Waals surface area (Å²) in [7, 11) is 0. The zero-order valence-corrected chi connectivity index (χ0v) is 12.1. The Morgan fingerprint density at radius 2 is 1.89 bits per heavy atom. The summed E-state index contributed by atoms with van der Waals surface area (Å²) in [6.07, 6.45) is 4.62. The van der Waals surface area contributed by atoms with Gasteiger partial charge in [0.2, 0.25) is 11.8 Å². The van der Waals surface area contributed by atoms with Crippen LogP contribution in [0.25, 0.3) is 0 Å². The second-order valence-electron chi connectivity index (χ2n) is 5.65. The van der Waals surface area contributed by atoms with E-state index in [1.165, 1.54) is 0 Å². The Bertz CT molecular complexity index is 316. The highest BCUT2D eigenvalue weighted by atomic mass is 16.2. The molecule has 0 aromatic rings. The molecule has 1 rings (SSSR count). The molecular formula is C14H27N3O2.